The second-order valence-corrected chi connectivity index (χ2v) is 9.53. The Morgan fingerprint density at radius 2 is 1.50 bits per heavy atom. The van der Waals surface area contributed by atoms with Gasteiger partial charge < -0.3 is 0 Å². The minimum atomic E-state index is -0.506. The molecule has 0 N–H and O–H groups in total. The molecule has 0 unspecified atom stereocenters. The molecule has 2 fully saturated rings. The molecule has 0 amide bonds. The third kappa shape index (κ3) is 0.867. The third-order valence-corrected chi connectivity index (χ3v) is 9.74. The smallest absolute Gasteiger partial charge is 0.0541 e. The van der Waals surface area contributed by atoms with Crippen molar-refractivity contribution in [3.8, 4) is 0 Å². The Morgan fingerprint density at radius 1 is 1.00 bits per heavy atom. The van der Waals surface area contributed by atoms with Gasteiger partial charge in [-0.2, -0.15) is 0 Å². The van der Waals surface area contributed by atoms with Crippen LogP contribution in [0.3, 0.4) is 0 Å². The topological polar surface area (TPSA) is 0 Å². The molecule has 2 rings (SSSR count). The van der Waals surface area contributed by atoms with Gasteiger partial charge in [0.15, 0.2) is 0 Å². The van der Waals surface area contributed by atoms with Crippen molar-refractivity contribution in [1.29, 1.82) is 0 Å². The van der Waals surface area contributed by atoms with Gasteiger partial charge in [-0.3, -0.25) is 0 Å². The third-order valence-electron chi connectivity index (χ3n) is 3.90. The highest BCUT2D eigenvalue weighted by Crippen LogP contribution is 2.50. The highest BCUT2D eigenvalue weighted by Gasteiger charge is 2.46. The molecule has 2 atom stereocenters. The first-order valence-corrected chi connectivity index (χ1v) is 7.55. The molecule has 0 aromatic carbocycles. The standard InChI is InChI=1S/C9H18Si/c1-8-6-10(4-3-5-10)7-9(8)2/h8-9H,3-7H2,1-2H3/t8-,9-/m0/s1. The van der Waals surface area contributed by atoms with Gasteiger partial charge in [0.2, 0.25) is 0 Å². The zero-order valence-electron chi connectivity index (χ0n) is 7.19. The van der Waals surface area contributed by atoms with Crippen LogP contribution in [0.1, 0.15) is 20.3 Å². The van der Waals surface area contributed by atoms with E-state index in [1.54, 1.807) is 30.6 Å². The van der Waals surface area contributed by atoms with Crippen molar-refractivity contribution in [3.05, 3.63) is 0 Å². The highest BCUT2D eigenvalue weighted by molar-refractivity contribution is 6.83. The Bertz CT molecular complexity index is 126. The normalized spacial score (nSPS) is 43.8. The summed E-state index contributed by atoms with van der Waals surface area (Å²) in [5.41, 5.74) is 0. The fourth-order valence-electron chi connectivity index (χ4n) is 2.94. The van der Waals surface area contributed by atoms with Crippen molar-refractivity contribution in [3.63, 3.8) is 0 Å². The second-order valence-electron chi connectivity index (χ2n) is 4.72. The molecule has 0 aliphatic carbocycles. The van der Waals surface area contributed by atoms with Crippen LogP contribution in [0, 0.1) is 11.8 Å². The number of rotatable bonds is 0. The Morgan fingerprint density at radius 3 is 1.70 bits per heavy atom. The molecule has 0 aromatic rings. The minimum absolute atomic E-state index is 0.506. The summed E-state index contributed by atoms with van der Waals surface area (Å²) in [6, 6.07) is 6.71. The quantitative estimate of drug-likeness (QED) is 0.470. The van der Waals surface area contributed by atoms with Crippen LogP contribution >= 0.6 is 0 Å². The van der Waals surface area contributed by atoms with Crippen LogP contribution in [0.2, 0.25) is 24.2 Å². The van der Waals surface area contributed by atoms with E-state index in [0.717, 1.165) is 11.8 Å². The summed E-state index contributed by atoms with van der Waals surface area (Å²) in [6.07, 6.45) is 1.58. The summed E-state index contributed by atoms with van der Waals surface area (Å²) < 4.78 is 0. The van der Waals surface area contributed by atoms with Crippen molar-refractivity contribution in [1.82, 2.24) is 0 Å². The van der Waals surface area contributed by atoms with E-state index < -0.39 is 8.07 Å². The maximum absolute atomic E-state index is 2.46. The molecular formula is C9H18Si. The lowest BCUT2D eigenvalue weighted by Gasteiger charge is -2.36. The molecule has 1 spiro atoms. The van der Waals surface area contributed by atoms with Crippen molar-refractivity contribution >= 4 is 8.07 Å². The van der Waals surface area contributed by atoms with Gasteiger partial charge in [0.25, 0.3) is 0 Å². The molecule has 0 saturated carbocycles. The van der Waals surface area contributed by atoms with E-state index in [1.807, 2.05) is 0 Å². The van der Waals surface area contributed by atoms with Gasteiger partial charge in [-0.05, 0) is 11.8 Å². The average Bonchev–Trinajstić information content (AvgIpc) is 2.08. The van der Waals surface area contributed by atoms with Crippen molar-refractivity contribution in [2.24, 2.45) is 11.8 Å². The van der Waals surface area contributed by atoms with Crippen LogP contribution in [-0.2, 0) is 0 Å². The van der Waals surface area contributed by atoms with Gasteiger partial charge in [-0.25, -0.2) is 0 Å². The van der Waals surface area contributed by atoms with E-state index >= 15 is 0 Å². The SMILES string of the molecule is C[C@H]1C[Si]2(CCC2)C[C@@H]1C. The van der Waals surface area contributed by atoms with Crippen LogP contribution < -0.4 is 0 Å². The van der Waals surface area contributed by atoms with Crippen molar-refractivity contribution in [2.45, 2.75) is 44.4 Å². The molecule has 10 heavy (non-hydrogen) atoms. The van der Waals surface area contributed by atoms with E-state index in [0.29, 0.717) is 0 Å². The monoisotopic (exact) mass is 154 g/mol. The molecular weight excluding hydrogens is 136 g/mol. The fraction of sp³-hybridized carbons (Fsp3) is 1.00. The Hall–Kier alpha value is 0.217. The van der Waals surface area contributed by atoms with Crippen LogP contribution in [0.25, 0.3) is 0 Å². The molecule has 2 aliphatic rings. The van der Waals surface area contributed by atoms with E-state index in [2.05, 4.69) is 13.8 Å². The molecule has 0 radical (unpaired) electrons. The first kappa shape index (κ1) is 6.90. The maximum Gasteiger partial charge on any atom is 0.0541 e. The fourth-order valence-corrected chi connectivity index (χ4v) is 8.81. The van der Waals surface area contributed by atoms with E-state index in [-0.39, 0.29) is 0 Å². The molecule has 0 nitrogen and oxygen atoms in total. The predicted molar refractivity (Wildman–Crippen MR) is 47.9 cm³/mol. The molecule has 2 saturated heterocycles. The first-order chi connectivity index (χ1) is 4.72. The van der Waals surface area contributed by atoms with Gasteiger partial charge in [-0.1, -0.05) is 44.4 Å². The summed E-state index contributed by atoms with van der Waals surface area (Å²) in [4.78, 5) is 0. The molecule has 0 aromatic heterocycles. The molecule has 2 heterocycles. The Balaban J connectivity index is 2.03. The average molecular weight is 154 g/mol. The molecule has 58 valence electrons. The lowest BCUT2D eigenvalue weighted by atomic mass is 10.0. The second kappa shape index (κ2) is 2.10. The number of hydrogen-bond acceptors (Lipinski definition) is 0. The summed E-state index contributed by atoms with van der Waals surface area (Å²) in [6.45, 7) is 4.93. The van der Waals surface area contributed by atoms with Crippen molar-refractivity contribution < 1.29 is 0 Å². The van der Waals surface area contributed by atoms with Crippen LogP contribution in [0.4, 0.5) is 0 Å². The van der Waals surface area contributed by atoms with Gasteiger partial charge in [0.05, 0.1) is 8.07 Å². The molecule has 2 aliphatic heterocycles. The summed E-state index contributed by atoms with van der Waals surface area (Å²) in [7, 11) is -0.506. The van der Waals surface area contributed by atoms with Gasteiger partial charge in [0.1, 0.15) is 0 Å². The number of hydrogen-bond donors (Lipinski definition) is 0. The van der Waals surface area contributed by atoms with Crippen LogP contribution in [-0.4, -0.2) is 8.07 Å². The largest absolute Gasteiger partial charge is 0.0625 e. The Kier molecular flexibility index (Phi) is 1.45. The summed E-state index contributed by atoms with van der Waals surface area (Å²) in [5, 5.41) is 0. The maximum atomic E-state index is 2.46. The van der Waals surface area contributed by atoms with Crippen molar-refractivity contribution in [2.75, 3.05) is 0 Å². The van der Waals surface area contributed by atoms with Gasteiger partial charge in [-0.15, -0.1) is 0 Å². The van der Waals surface area contributed by atoms with Gasteiger partial charge >= 0.3 is 0 Å². The van der Waals surface area contributed by atoms with E-state index in [9.17, 15) is 0 Å². The summed E-state index contributed by atoms with van der Waals surface area (Å²) >= 11 is 0. The summed E-state index contributed by atoms with van der Waals surface area (Å²) in [5.74, 6) is 2.15. The lowest BCUT2D eigenvalue weighted by molar-refractivity contribution is 0.486. The van der Waals surface area contributed by atoms with Gasteiger partial charge in [0, 0.05) is 0 Å². The van der Waals surface area contributed by atoms with E-state index in [4.69, 9.17) is 0 Å². The van der Waals surface area contributed by atoms with E-state index in [1.165, 1.54) is 0 Å². The molecule has 0 bridgehead atoms. The first-order valence-electron chi connectivity index (χ1n) is 4.72. The zero-order valence-corrected chi connectivity index (χ0v) is 8.19. The van der Waals surface area contributed by atoms with Crippen LogP contribution in [0.5, 0.6) is 0 Å². The lowest BCUT2D eigenvalue weighted by Crippen LogP contribution is -2.38. The molecule has 1 heteroatoms. The highest BCUT2D eigenvalue weighted by atomic mass is 28.3. The Labute approximate surface area is 65.0 Å². The minimum Gasteiger partial charge on any atom is -0.0625 e. The van der Waals surface area contributed by atoms with Crippen LogP contribution in [0.15, 0.2) is 0 Å². The predicted octanol–water partition coefficient (Wildman–Crippen LogP) is 3.12. The zero-order chi connectivity index (χ0) is 7.19.